The smallest absolute Gasteiger partial charge is 0.491 e. The molecule has 126 valence electrons. The van der Waals surface area contributed by atoms with Gasteiger partial charge < -0.3 is 14.0 Å². The lowest BCUT2D eigenvalue weighted by atomic mass is 9.79. The summed E-state index contributed by atoms with van der Waals surface area (Å²) in [5.74, 6) is 0.133. The summed E-state index contributed by atoms with van der Waals surface area (Å²) in [4.78, 5) is 3.51. The van der Waals surface area contributed by atoms with Crippen LogP contribution in [0.2, 0.25) is 0 Å². The maximum atomic E-state index is 12.9. The fourth-order valence-corrected chi connectivity index (χ4v) is 2.22. The highest BCUT2D eigenvalue weighted by Crippen LogP contribution is 2.38. The molecule has 1 saturated carbocycles. The zero-order chi connectivity index (χ0) is 17.0. The fraction of sp³-hybridized carbons (Fsp3) is 0.667. The first-order valence-corrected chi connectivity index (χ1v) is 7.59. The van der Waals surface area contributed by atoms with Crippen molar-refractivity contribution < 1.29 is 27.2 Å². The van der Waals surface area contributed by atoms with E-state index in [0.717, 1.165) is 25.1 Å². The predicted octanol–water partition coefficient (Wildman–Crippen LogP) is 2.94. The van der Waals surface area contributed by atoms with Crippen molar-refractivity contribution in [2.24, 2.45) is 0 Å². The SMILES string of the molecule is CC1(C)OB(c2cnc(C(F)(F)F)cc2OC2CC2)OC1(C)C. The number of pyridine rings is 1. The number of rotatable bonds is 3. The van der Waals surface area contributed by atoms with Gasteiger partial charge in [0.05, 0.1) is 17.3 Å². The highest BCUT2D eigenvalue weighted by molar-refractivity contribution is 6.63. The molecule has 0 aromatic carbocycles. The molecule has 1 aliphatic carbocycles. The van der Waals surface area contributed by atoms with Gasteiger partial charge in [0.15, 0.2) is 0 Å². The minimum Gasteiger partial charge on any atom is -0.491 e. The Labute approximate surface area is 133 Å². The van der Waals surface area contributed by atoms with E-state index in [0.29, 0.717) is 5.46 Å². The first-order chi connectivity index (χ1) is 10.5. The first-order valence-electron chi connectivity index (χ1n) is 7.59. The normalized spacial score (nSPS) is 23.2. The van der Waals surface area contributed by atoms with Crippen LogP contribution in [0, 0.1) is 0 Å². The van der Waals surface area contributed by atoms with E-state index < -0.39 is 30.2 Å². The molecule has 0 amide bonds. The molecule has 4 nitrogen and oxygen atoms in total. The number of hydrogen-bond acceptors (Lipinski definition) is 4. The molecule has 0 unspecified atom stereocenters. The second-order valence-electron chi connectivity index (χ2n) is 7.01. The van der Waals surface area contributed by atoms with Gasteiger partial charge in [0.1, 0.15) is 11.4 Å². The summed E-state index contributed by atoms with van der Waals surface area (Å²) in [6.07, 6.45) is -1.74. The van der Waals surface area contributed by atoms with Crippen molar-refractivity contribution >= 4 is 12.6 Å². The molecule has 0 atom stereocenters. The number of aromatic nitrogens is 1. The lowest BCUT2D eigenvalue weighted by Gasteiger charge is -2.32. The van der Waals surface area contributed by atoms with Gasteiger partial charge in [-0.05, 0) is 40.5 Å². The Morgan fingerprint density at radius 3 is 2.22 bits per heavy atom. The number of halogens is 3. The van der Waals surface area contributed by atoms with Gasteiger partial charge in [0.2, 0.25) is 0 Å². The number of nitrogens with zero attached hydrogens (tertiary/aromatic N) is 1. The maximum Gasteiger partial charge on any atom is 0.500 e. The van der Waals surface area contributed by atoms with E-state index in [-0.39, 0.29) is 11.9 Å². The summed E-state index contributed by atoms with van der Waals surface area (Å²) < 4.78 is 56.1. The molecule has 1 aliphatic heterocycles. The van der Waals surface area contributed by atoms with Crippen LogP contribution in [0.4, 0.5) is 13.2 Å². The average Bonchev–Trinajstić information content (AvgIpc) is 3.16. The largest absolute Gasteiger partial charge is 0.500 e. The van der Waals surface area contributed by atoms with Crippen molar-refractivity contribution in [2.45, 2.75) is 64.0 Å². The first kappa shape index (κ1) is 16.6. The van der Waals surface area contributed by atoms with Crippen LogP contribution >= 0.6 is 0 Å². The van der Waals surface area contributed by atoms with Crippen molar-refractivity contribution in [3.63, 3.8) is 0 Å². The van der Waals surface area contributed by atoms with E-state index in [1.54, 1.807) is 0 Å². The van der Waals surface area contributed by atoms with E-state index >= 15 is 0 Å². The summed E-state index contributed by atoms with van der Waals surface area (Å²) in [6, 6.07) is 0.929. The number of alkyl halides is 3. The highest BCUT2D eigenvalue weighted by atomic mass is 19.4. The van der Waals surface area contributed by atoms with Crippen molar-refractivity contribution in [1.29, 1.82) is 0 Å². The van der Waals surface area contributed by atoms with Gasteiger partial charge in [0, 0.05) is 17.7 Å². The van der Waals surface area contributed by atoms with Gasteiger partial charge in [-0.2, -0.15) is 13.2 Å². The third kappa shape index (κ3) is 3.19. The lowest BCUT2D eigenvalue weighted by Crippen LogP contribution is -2.41. The predicted molar refractivity (Wildman–Crippen MR) is 78.6 cm³/mol. The third-order valence-electron chi connectivity index (χ3n) is 4.51. The van der Waals surface area contributed by atoms with E-state index in [1.807, 2.05) is 27.7 Å². The van der Waals surface area contributed by atoms with Gasteiger partial charge >= 0.3 is 13.3 Å². The van der Waals surface area contributed by atoms with Gasteiger partial charge in [-0.1, -0.05) is 0 Å². The summed E-state index contributed by atoms with van der Waals surface area (Å²) in [6.45, 7) is 7.52. The monoisotopic (exact) mass is 329 g/mol. The Morgan fingerprint density at radius 2 is 1.74 bits per heavy atom. The molecule has 0 spiro atoms. The molecule has 2 heterocycles. The van der Waals surface area contributed by atoms with Gasteiger partial charge in [-0.15, -0.1) is 0 Å². The van der Waals surface area contributed by atoms with Crippen LogP contribution < -0.4 is 10.2 Å². The van der Waals surface area contributed by atoms with Crippen molar-refractivity contribution in [2.75, 3.05) is 0 Å². The molecule has 1 aromatic heterocycles. The minimum absolute atomic E-state index is 0.0420. The molecular formula is C15H19BF3NO3. The Bertz CT molecular complexity index is 598. The molecule has 23 heavy (non-hydrogen) atoms. The van der Waals surface area contributed by atoms with Crippen LogP contribution in [0.5, 0.6) is 5.75 Å². The molecule has 3 rings (SSSR count). The summed E-state index contributed by atoms with van der Waals surface area (Å²) in [5.41, 5.74) is -1.76. The standard InChI is InChI=1S/C15H19BF3NO3/c1-13(2)14(3,4)23-16(22-13)10-8-20-12(15(17,18)19)7-11(10)21-9-5-6-9/h7-9H,5-6H2,1-4H3. The van der Waals surface area contributed by atoms with Gasteiger partial charge in [-0.3, -0.25) is 4.98 Å². The van der Waals surface area contributed by atoms with Gasteiger partial charge in [-0.25, -0.2) is 0 Å². The van der Waals surface area contributed by atoms with Crippen LogP contribution in [0.3, 0.4) is 0 Å². The topological polar surface area (TPSA) is 40.6 Å². The van der Waals surface area contributed by atoms with Crippen LogP contribution in [-0.4, -0.2) is 29.4 Å². The minimum atomic E-state index is -4.52. The summed E-state index contributed by atoms with van der Waals surface area (Å²) in [7, 11) is -0.802. The van der Waals surface area contributed by atoms with Crippen LogP contribution in [0.25, 0.3) is 0 Å². The van der Waals surface area contributed by atoms with Crippen LogP contribution in [-0.2, 0) is 15.5 Å². The Hall–Kier alpha value is -1.28. The van der Waals surface area contributed by atoms with Crippen LogP contribution in [0.15, 0.2) is 12.3 Å². The van der Waals surface area contributed by atoms with E-state index in [2.05, 4.69) is 4.98 Å². The summed E-state index contributed by atoms with van der Waals surface area (Å²) in [5, 5.41) is 0. The molecule has 1 saturated heterocycles. The molecule has 2 fully saturated rings. The number of hydrogen-bond donors (Lipinski definition) is 0. The lowest BCUT2D eigenvalue weighted by molar-refractivity contribution is -0.141. The molecule has 2 aliphatic rings. The zero-order valence-corrected chi connectivity index (χ0v) is 13.5. The Morgan fingerprint density at radius 1 is 1.17 bits per heavy atom. The second kappa shape index (κ2) is 5.11. The van der Waals surface area contributed by atoms with E-state index in [4.69, 9.17) is 14.0 Å². The third-order valence-corrected chi connectivity index (χ3v) is 4.51. The zero-order valence-electron chi connectivity index (χ0n) is 13.5. The molecule has 0 radical (unpaired) electrons. The van der Waals surface area contributed by atoms with Crippen LogP contribution in [0.1, 0.15) is 46.2 Å². The Balaban J connectivity index is 1.95. The molecular weight excluding hydrogens is 310 g/mol. The average molecular weight is 329 g/mol. The van der Waals surface area contributed by atoms with Crippen molar-refractivity contribution in [3.8, 4) is 5.75 Å². The molecule has 0 bridgehead atoms. The molecule has 8 heteroatoms. The summed E-state index contributed by atoms with van der Waals surface area (Å²) >= 11 is 0. The maximum absolute atomic E-state index is 12.9. The quantitative estimate of drug-likeness (QED) is 0.800. The molecule has 0 N–H and O–H groups in total. The van der Waals surface area contributed by atoms with E-state index in [1.165, 1.54) is 0 Å². The van der Waals surface area contributed by atoms with Gasteiger partial charge in [0.25, 0.3) is 0 Å². The fourth-order valence-electron chi connectivity index (χ4n) is 2.22. The molecule has 1 aromatic rings. The van der Waals surface area contributed by atoms with E-state index in [9.17, 15) is 13.2 Å². The second-order valence-corrected chi connectivity index (χ2v) is 7.01. The van der Waals surface area contributed by atoms with Crippen molar-refractivity contribution in [1.82, 2.24) is 4.98 Å². The highest BCUT2D eigenvalue weighted by Gasteiger charge is 2.53. The number of ether oxygens (including phenoxy) is 1. The van der Waals surface area contributed by atoms with Crippen molar-refractivity contribution in [3.05, 3.63) is 18.0 Å². The Kier molecular flexibility index (Phi) is 3.68.